The monoisotopic (exact) mass is 245 g/mol. The molecule has 3 atom stereocenters. The second-order valence-electron chi connectivity index (χ2n) is 3.52. The SMILES string of the molecule is CC1C(Br)CCC1c1cnsc1. The van der Waals surface area contributed by atoms with Crippen LogP contribution < -0.4 is 0 Å². The number of hydrogen-bond donors (Lipinski definition) is 0. The summed E-state index contributed by atoms with van der Waals surface area (Å²) in [5.74, 6) is 1.51. The fraction of sp³-hybridized carbons (Fsp3) is 0.667. The van der Waals surface area contributed by atoms with Crippen LogP contribution >= 0.6 is 27.5 Å². The minimum atomic E-state index is 0.711. The van der Waals surface area contributed by atoms with Crippen molar-refractivity contribution in [2.24, 2.45) is 5.92 Å². The molecule has 2 rings (SSSR count). The predicted octanol–water partition coefficient (Wildman–Crippen LogP) is 3.42. The molecular weight excluding hydrogens is 234 g/mol. The first-order valence-corrected chi connectivity index (χ1v) is 6.07. The predicted molar refractivity (Wildman–Crippen MR) is 56.0 cm³/mol. The van der Waals surface area contributed by atoms with E-state index in [4.69, 9.17) is 0 Å². The molecule has 66 valence electrons. The molecule has 1 aliphatic rings. The van der Waals surface area contributed by atoms with Gasteiger partial charge in [0.15, 0.2) is 0 Å². The van der Waals surface area contributed by atoms with Crippen LogP contribution in [0.25, 0.3) is 0 Å². The lowest BCUT2D eigenvalue weighted by Gasteiger charge is -2.15. The van der Waals surface area contributed by atoms with Crippen molar-refractivity contribution in [2.45, 2.75) is 30.5 Å². The van der Waals surface area contributed by atoms with E-state index < -0.39 is 0 Å². The van der Waals surface area contributed by atoms with Gasteiger partial charge in [-0.2, -0.15) is 0 Å². The maximum Gasteiger partial charge on any atom is 0.0441 e. The average molecular weight is 246 g/mol. The first-order chi connectivity index (χ1) is 5.79. The van der Waals surface area contributed by atoms with Gasteiger partial charge in [0.2, 0.25) is 0 Å². The van der Waals surface area contributed by atoms with Gasteiger partial charge in [0, 0.05) is 16.4 Å². The molecule has 12 heavy (non-hydrogen) atoms. The smallest absolute Gasteiger partial charge is 0.0441 e. The number of aromatic nitrogens is 1. The largest absolute Gasteiger partial charge is 0.201 e. The van der Waals surface area contributed by atoms with Crippen LogP contribution in [0.3, 0.4) is 0 Å². The molecule has 3 unspecified atom stereocenters. The molecule has 1 fully saturated rings. The van der Waals surface area contributed by atoms with E-state index in [2.05, 4.69) is 32.6 Å². The maximum atomic E-state index is 4.15. The van der Waals surface area contributed by atoms with E-state index in [9.17, 15) is 0 Å². The van der Waals surface area contributed by atoms with Crippen molar-refractivity contribution in [3.8, 4) is 0 Å². The molecule has 0 spiro atoms. The molecule has 0 N–H and O–H groups in total. The molecule has 0 amide bonds. The fourth-order valence-corrected chi connectivity index (χ4v) is 3.22. The van der Waals surface area contributed by atoms with Crippen molar-refractivity contribution in [1.82, 2.24) is 4.37 Å². The number of hydrogen-bond acceptors (Lipinski definition) is 2. The Labute approximate surface area is 85.5 Å². The molecule has 3 heteroatoms. The highest BCUT2D eigenvalue weighted by Gasteiger charge is 2.32. The Morgan fingerprint density at radius 3 is 2.92 bits per heavy atom. The lowest BCUT2D eigenvalue weighted by molar-refractivity contribution is 0.545. The van der Waals surface area contributed by atoms with Gasteiger partial charge in [-0.05, 0) is 41.8 Å². The van der Waals surface area contributed by atoms with E-state index in [1.54, 1.807) is 11.5 Å². The van der Waals surface area contributed by atoms with Gasteiger partial charge < -0.3 is 0 Å². The van der Waals surface area contributed by atoms with Crippen molar-refractivity contribution in [2.75, 3.05) is 0 Å². The van der Waals surface area contributed by atoms with Crippen LogP contribution in [0.15, 0.2) is 11.6 Å². The maximum absolute atomic E-state index is 4.15. The van der Waals surface area contributed by atoms with Crippen LogP contribution in [-0.4, -0.2) is 9.20 Å². The van der Waals surface area contributed by atoms with E-state index in [1.807, 2.05) is 6.20 Å². The van der Waals surface area contributed by atoms with E-state index in [0.29, 0.717) is 4.83 Å². The summed E-state index contributed by atoms with van der Waals surface area (Å²) in [6.45, 7) is 2.33. The van der Waals surface area contributed by atoms with Crippen molar-refractivity contribution in [3.63, 3.8) is 0 Å². The van der Waals surface area contributed by atoms with Gasteiger partial charge >= 0.3 is 0 Å². The quantitative estimate of drug-likeness (QED) is 0.692. The lowest BCUT2D eigenvalue weighted by atomic mass is 9.93. The normalized spacial score (nSPS) is 35.7. The third-order valence-electron chi connectivity index (χ3n) is 2.84. The minimum absolute atomic E-state index is 0.711. The van der Waals surface area contributed by atoms with E-state index in [0.717, 1.165) is 11.8 Å². The zero-order chi connectivity index (χ0) is 8.55. The highest BCUT2D eigenvalue weighted by atomic mass is 79.9. The summed E-state index contributed by atoms with van der Waals surface area (Å²) >= 11 is 5.28. The van der Waals surface area contributed by atoms with Crippen LogP contribution in [0, 0.1) is 5.92 Å². The van der Waals surface area contributed by atoms with Crippen LogP contribution in [-0.2, 0) is 0 Å². The first kappa shape index (κ1) is 8.70. The topological polar surface area (TPSA) is 12.9 Å². The third kappa shape index (κ3) is 1.44. The molecule has 0 saturated heterocycles. The highest BCUT2D eigenvalue weighted by molar-refractivity contribution is 9.09. The average Bonchev–Trinajstić information content (AvgIpc) is 2.64. The van der Waals surface area contributed by atoms with Crippen LogP contribution in [0.5, 0.6) is 0 Å². The van der Waals surface area contributed by atoms with E-state index >= 15 is 0 Å². The molecule has 1 nitrogen and oxygen atoms in total. The van der Waals surface area contributed by atoms with Crippen LogP contribution in [0.2, 0.25) is 0 Å². The van der Waals surface area contributed by atoms with Gasteiger partial charge in [0.25, 0.3) is 0 Å². The molecule has 1 saturated carbocycles. The molecule has 0 aromatic carbocycles. The second-order valence-corrected chi connectivity index (χ2v) is 5.35. The number of rotatable bonds is 1. The molecule has 0 aliphatic heterocycles. The zero-order valence-corrected chi connectivity index (χ0v) is 9.44. The standard InChI is InChI=1S/C9H12BrNS/c1-6-8(2-3-9(6)10)7-4-11-12-5-7/h4-6,8-9H,2-3H2,1H3. The number of halogens is 1. The van der Waals surface area contributed by atoms with Gasteiger partial charge in [0.05, 0.1) is 0 Å². The van der Waals surface area contributed by atoms with Crippen molar-refractivity contribution in [3.05, 3.63) is 17.1 Å². The molecule has 0 bridgehead atoms. The Kier molecular flexibility index (Phi) is 2.51. The van der Waals surface area contributed by atoms with Gasteiger partial charge in [-0.15, -0.1) is 0 Å². The second kappa shape index (κ2) is 3.46. The lowest BCUT2D eigenvalue weighted by Crippen LogP contribution is -2.08. The van der Waals surface area contributed by atoms with Crippen molar-refractivity contribution in [1.29, 1.82) is 0 Å². The van der Waals surface area contributed by atoms with Gasteiger partial charge in [-0.25, -0.2) is 4.37 Å². The van der Waals surface area contributed by atoms with E-state index in [-0.39, 0.29) is 0 Å². The Morgan fingerprint density at radius 1 is 1.58 bits per heavy atom. The van der Waals surface area contributed by atoms with Crippen molar-refractivity contribution >= 4 is 27.5 Å². The van der Waals surface area contributed by atoms with Crippen molar-refractivity contribution < 1.29 is 0 Å². The fourth-order valence-electron chi connectivity index (χ4n) is 1.98. The van der Waals surface area contributed by atoms with Gasteiger partial charge in [-0.1, -0.05) is 22.9 Å². The highest BCUT2D eigenvalue weighted by Crippen LogP contribution is 2.42. The number of nitrogens with zero attached hydrogens (tertiary/aromatic N) is 1. The summed E-state index contributed by atoms with van der Waals surface area (Å²) in [5, 5.41) is 2.19. The van der Waals surface area contributed by atoms with Crippen LogP contribution in [0.4, 0.5) is 0 Å². The Morgan fingerprint density at radius 2 is 2.42 bits per heavy atom. The van der Waals surface area contributed by atoms with E-state index in [1.165, 1.54) is 18.4 Å². The molecule has 1 aromatic rings. The molecular formula is C9H12BrNS. The number of alkyl halides is 1. The molecule has 1 aromatic heterocycles. The van der Waals surface area contributed by atoms with Gasteiger partial charge in [-0.3, -0.25) is 0 Å². The molecule has 0 radical (unpaired) electrons. The zero-order valence-electron chi connectivity index (χ0n) is 7.03. The van der Waals surface area contributed by atoms with Crippen LogP contribution in [0.1, 0.15) is 31.2 Å². The first-order valence-electron chi connectivity index (χ1n) is 4.32. The Bertz CT molecular complexity index is 247. The Balaban J connectivity index is 2.16. The summed E-state index contributed by atoms with van der Waals surface area (Å²) < 4.78 is 4.15. The summed E-state index contributed by atoms with van der Waals surface area (Å²) in [6, 6.07) is 0. The summed E-state index contributed by atoms with van der Waals surface area (Å²) in [7, 11) is 0. The summed E-state index contributed by atoms with van der Waals surface area (Å²) in [5.41, 5.74) is 1.44. The molecule has 1 aliphatic carbocycles. The molecule has 1 heterocycles. The third-order valence-corrected chi connectivity index (χ3v) is 4.73. The summed E-state index contributed by atoms with van der Waals surface area (Å²) in [6.07, 6.45) is 4.65. The van der Waals surface area contributed by atoms with Gasteiger partial charge in [0.1, 0.15) is 0 Å². The summed E-state index contributed by atoms with van der Waals surface area (Å²) in [4.78, 5) is 0.711. The minimum Gasteiger partial charge on any atom is -0.201 e. The Hall–Kier alpha value is 0.110.